The van der Waals surface area contributed by atoms with Crippen molar-refractivity contribution < 1.29 is 9.90 Å². The highest BCUT2D eigenvalue weighted by molar-refractivity contribution is 5.77. The van der Waals surface area contributed by atoms with Crippen LogP contribution in [-0.4, -0.2) is 24.1 Å². The van der Waals surface area contributed by atoms with Crippen molar-refractivity contribution in [3.63, 3.8) is 0 Å². The van der Waals surface area contributed by atoms with E-state index >= 15 is 0 Å². The van der Waals surface area contributed by atoms with Crippen LogP contribution in [0.2, 0.25) is 0 Å². The second-order valence-electron chi connectivity index (χ2n) is 4.52. The van der Waals surface area contributed by atoms with Crippen LogP contribution in [0.3, 0.4) is 0 Å². The third-order valence-corrected chi connectivity index (χ3v) is 2.84. The Kier molecular flexibility index (Phi) is 3.98. The van der Waals surface area contributed by atoms with E-state index in [1.807, 2.05) is 12.1 Å². The van der Waals surface area contributed by atoms with Crippen molar-refractivity contribution in [1.82, 2.24) is 10.6 Å². The van der Waals surface area contributed by atoms with E-state index in [1.54, 1.807) is 12.1 Å². The zero-order chi connectivity index (χ0) is 12.1. The van der Waals surface area contributed by atoms with Crippen LogP contribution in [0.1, 0.15) is 18.4 Å². The van der Waals surface area contributed by atoms with Gasteiger partial charge in [-0.15, -0.1) is 0 Å². The zero-order valence-corrected chi connectivity index (χ0v) is 9.78. The Morgan fingerprint density at radius 3 is 2.65 bits per heavy atom. The molecule has 0 radical (unpaired) electrons. The lowest BCUT2D eigenvalue weighted by molar-refractivity contribution is -0.120. The summed E-state index contributed by atoms with van der Waals surface area (Å²) in [7, 11) is 0. The summed E-state index contributed by atoms with van der Waals surface area (Å²) < 4.78 is 0. The number of amides is 1. The van der Waals surface area contributed by atoms with Crippen LogP contribution in [0.25, 0.3) is 0 Å². The lowest BCUT2D eigenvalue weighted by Crippen LogP contribution is -2.34. The highest BCUT2D eigenvalue weighted by Crippen LogP contribution is 2.27. The van der Waals surface area contributed by atoms with Crippen molar-refractivity contribution >= 4 is 5.91 Å². The van der Waals surface area contributed by atoms with Gasteiger partial charge in [0.25, 0.3) is 0 Å². The summed E-state index contributed by atoms with van der Waals surface area (Å²) in [5.74, 6) is 1.03. The number of carbonyl (C=O) groups excluding carboxylic acids is 1. The van der Waals surface area contributed by atoms with Gasteiger partial charge in [0, 0.05) is 13.1 Å². The summed E-state index contributed by atoms with van der Waals surface area (Å²) in [4.78, 5) is 11.4. The number of aromatic hydroxyl groups is 1. The molecule has 0 saturated heterocycles. The number of carbonyl (C=O) groups is 1. The van der Waals surface area contributed by atoms with E-state index in [2.05, 4.69) is 10.6 Å². The molecule has 4 heteroatoms. The van der Waals surface area contributed by atoms with Crippen LogP contribution in [0.15, 0.2) is 24.3 Å². The summed E-state index contributed by atoms with van der Waals surface area (Å²) in [5.41, 5.74) is 1.05. The number of hydrogen-bond acceptors (Lipinski definition) is 3. The number of phenolic OH excluding ortho intramolecular Hbond substituents is 1. The molecule has 1 amide bonds. The molecule has 17 heavy (non-hydrogen) atoms. The lowest BCUT2D eigenvalue weighted by atomic mass is 10.2. The molecule has 0 spiro atoms. The molecule has 0 aromatic heterocycles. The topological polar surface area (TPSA) is 61.4 Å². The van der Waals surface area contributed by atoms with Gasteiger partial charge in [0.1, 0.15) is 5.75 Å². The SMILES string of the molecule is O=C(CNCc1ccc(O)cc1)NCC1CC1. The van der Waals surface area contributed by atoms with Gasteiger partial charge in [-0.3, -0.25) is 4.79 Å². The van der Waals surface area contributed by atoms with Gasteiger partial charge in [0.2, 0.25) is 5.91 Å². The molecule has 0 atom stereocenters. The van der Waals surface area contributed by atoms with E-state index in [1.165, 1.54) is 12.8 Å². The van der Waals surface area contributed by atoms with Crippen molar-refractivity contribution in [2.45, 2.75) is 19.4 Å². The van der Waals surface area contributed by atoms with Gasteiger partial charge in [0.15, 0.2) is 0 Å². The zero-order valence-electron chi connectivity index (χ0n) is 9.78. The molecule has 3 N–H and O–H groups in total. The van der Waals surface area contributed by atoms with E-state index in [0.29, 0.717) is 13.1 Å². The van der Waals surface area contributed by atoms with Gasteiger partial charge >= 0.3 is 0 Å². The molecule has 1 aromatic rings. The summed E-state index contributed by atoms with van der Waals surface area (Å²) in [6.45, 7) is 1.80. The average molecular weight is 234 g/mol. The Hall–Kier alpha value is -1.55. The Balaban J connectivity index is 1.61. The van der Waals surface area contributed by atoms with Crippen LogP contribution >= 0.6 is 0 Å². The summed E-state index contributed by atoms with van der Waals surface area (Å²) in [5, 5.41) is 15.1. The fourth-order valence-corrected chi connectivity index (χ4v) is 1.58. The monoisotopic (exact) mass is 234 g/mol. The number of phenols is 1. The number of nitrogens with one attached hydrogen (secondary N) is 2. The molecular formula is C13H18N2O2. The summed E-state index contributed by atoms with van der Waals surface area (Å²) in [6, 6.07) is 6.96. The third-order valence-electron chi connectivity index (χ3n) is 2.84. The van der Waals surface area contributed by atoms with Crippen LogP contribution in [0.4, 0.5) is 0 Å². The molecule has 0 heterocycles. The number of benzene rings is 1. The molecule has 0 bridgehead atoms. The minimum atomic E-state index is 0.0516. The van der Waals surface area contributed by atoms with Gasteiger partial charge in [-0.2, -0.15) is 0 Å². The van der Waals surface area contributed by atoms with Crippen molar-refractivity contribution in [3.8, 4) is 5.75 Å². The van der Waals surface area contributed by atoms with Crippen LogP contribution in [0.5, 0.6) is 5.75 Å². The van der Waals surface area contributed by atoms with Crippen molar-refractivity contribution in [2.75, 3.05) is 13.1 Å². The molecule has 0 unspecified atom stereocenters. The molecule has 1 aliphatic rings. The van der Waals surface area contributed by atoms with E-state index in [-0.39, 0.29) is 11.7 Å². The highest BCUT2D eigenvalue weighted by Gasteiger charge is 2.21. The van der Waals surface area contributed by atoms with Crippen molar-refractivity contribution in [3.05, 3.63) is 29.8 Å². The Bertz CT molecular complexity index is 372. The minimum absolute atomic E-state index is 0.0516. The second-order valence-corrected chi connectivity index (χ2v) is 4.52. The first kappa shape index (κ1) is 11.9. The first-order chi connectivity index (χ1) is 8.24. The smallest absolute Gasteiger partial charge is 0.233 e. The van der Waals surface area contributed by atoms with Gasteiger partial charge in [-0.25, -0.2) is 0 Å². The Labute approximate surface area is 101 Å². The summed E-state index contributed by atoms with van der Waals surface area (Å²) >= 11 is 0. The molecule has 4 nitrogen and oxygen atoms in total. The van der Waals surface area contributed by atoms with Crippen molar-refractivity contribution in [1.29, 1.82) is 0 Å². The fourth-order valence-electron chi connectivity index (χ4n) is 1.58. The first-order valence-electron chi connectivity index (χ1n) is 5.99. The molecule has 1 aliphatic carbocycles. The van der Waals surface area contributed by atoms with Gasteiger partial charge in [-0.05, 0) is 36.5 Å². The van der Waals surface area contributed by atoms with E-state index < -0.39 is 0 Å². The lowest BCUT2D eigenvalue weighted by Gasteiger charge is -2.06. The predicted molar refractivity (Wildman–Crippen MR) is 65.5 cm³/mol. The molecule has 1 aromatic carbocycles. The molecule has 92 valence electrons. The van der Waals surface area contributed by atoms with E-state index in [4.69, 9.17) is 5.11 Å². The number of hydrogen-bond donors (Lipinski definition) is 3. The van der Waals surface area contributed by atoms with Gasteiger partial charge < -0.3 is 15.7 Å². The standard InChI is InChI=1S/C13H18N2O2/c16-12-5-3-10(4-6-12)7-14-9-13(17)15-8-11-1-2-11/h3-6,11,14,16H,1-2,7-9H2,(H,15,17). The molecular weight excluding hydrogens is 216 g/mol. The van der Waals surface area contributed by atoms with E-state index in [9.17, 15) is 4.79 Å². The highest BCUT2D eigenvalue weighted by atomic mass is 16.3. The summed E-state index contributed by atoms with van der Waals surface area (Å²) in [6.07, 6.45) is 2.50. The minimum Gasteiger partial charge on any atom is -0.508 e. The van der Waals surface area contributed by atoms with Crippen LogP contribution in [-0.2, 0) is 11.3 Å². The normalized spacial score (nSPS) is 14.6. The van der Waals surface area contributed by atoms with Crippen LogP contribution in [0, 0.1) is 5.92 Å². The third kappa shape index (κ3) is 4.44. The maximum absolute atomic E-state index is 11.4. The second kappa shape index (κ2) is 5.68. The largest absolute Gasteiger partial charge is 0.508 e. The van der Waals surface area contributed by atoms with Gasteiger partial charge in [-0.1, -0.05) is 12.1 Å². The number of rotatable bonds is 6. The fraction of sp³-hybridized carbons (Fsp3) is 0.462. The molecule has 2 rings (SSSR count). The van der Waals surface area contributed by atoms with Crippen molar-refractivity contribution in [2.24, 2.45) is 5.92 Å². The molecule has 1 fully saturated rings. The molecule has 1 saturated carbocycles. The maximum atomic E-state index is 11.4. The average Bonchev–Trinajstić information content (AvgIpc) is 3.13. The van der Waals surface area contributed by atoms with Crippen LogP contribution < -0.4 is 10.6 Å². The quantitative estimate of drug-likeness (QED) is 0.688. The van der Waals surface area contributed by atoms with E-state index in [0.717, 1.165) is 18.0 Å². The molecule has 0 aliphatic heterocycles. The Morgan fingerprint density at radius 2 is 2.00 bits per heavy atom. The maximum Gasteiger partial charge on any atom is 0.233 e. The Morgan fingerprint density at radius 1 is 1.29 bits per heavy atom. The van der Waals surface area contributed by atoms with Gasteiger partial charge in [0.05, 0.1) is 6.54 Å². The predicted octanol–water partition coefficient (Wildman–Crippen LogP) is 1.01. The first-order valence-corrected chi connectivity index (χ1v) is 5.99.